The number of carboxylic acids is 1. The minimum atomic E-state index is -1.12. The number of β-amino-alcohol motifs (C(OH)–C–C–N with tert-alkyl or cyclic N) is 2. The lowest BCUT2D eigenvalue weighted by atomic mass is 10.2. The van der Waals surface area contributed by atoms with Gasteiger partial charge in [0.1, 0.15) is 23.3 Å². The smallest absolute Gasteiger partial charge is 0.411 e. The summed E-state index contributed by atoms with van der Waals surface area (Å²) in [4.78, 5) is 48.1. The van der Waals surface area contributed by atoms with Gasteiger partial charge in [-0.2, -0.15) is 5.26 Å². The number of likely N-dealkylation sites (tertiary alicyclic amines) is 2. The van der Waals surface area contributed by atoms with Crippen molar-refractivity contribution in [3.8, 4) is 6.07 Å². The average Bonchev–Trinajstić information content (AvgIpc) is 3.29. The molecule has 0 bridgehead atoms. The SMILES string of the molecule is CC#N.CC(C)(C)OC(=O)N1C[C@H](O)C[C@@H]1C(=O)O.COC(=O)[C@H]1C[C@@H](O)CN1C(=O)OC(C)(C)C. The number of esters is 1. The van der Waals surface area contributed by atoms with Crippen molar-refractivity contribution in [1.29, 1.82) is 5.26 Å². The number of ether oxygens (including phenoxy) is 3. The lowest BCUT2D eigenvalue weighted by molar-refractivity contribution is -0.145. The number of aliphatic carboxylic acids is 1. The van der Waals surface area contributed by atoms with Gasteiger partial charge in [0.25, 0.3) is 0 Å². The van der Waals surface area contributed by atoms with Gasteiger partial charge in [0.2, 0.25) is 0 Å². The average molecular weight is 518 g/mol. The summed E-state index contributed by atoms with van der Waals surface area (Å²) >= 11 is 0. The monoisotopic (exact) mass is 517 g/mol. The lowest BCUT2D eigenvalue weighted by Crippen LogP contribution is -2.43. The minimum absolute atomic E-state index is 0.00583. The first-order chi connectivity index (χ1) is 16.4. The van der Waals surface area contributed by atoms with Crippen LogP contribution in [-0.4, -0.2) is 105 Å². The van der Waals surface area contributed by atoms with Gasteiger partial charge >= 0.3 is 24.1 Å². The molecule has 0 aliphatic carbocycles. The standard InChI is InChI=1S/C11H19NO5.C10H17NO5.C2H3N/c1-11(2,3)17-10(15)12-6-7(13)5-8(12)9(14)16-4;1-10(2,3)16-9(15)11-5-6(12)4-7(11)8(13)14;1-2-3/h7-8,13H,5-6H2,1-4H3;6-7,12H,4-5H2,1-3H3,(H,13,14);1H3/t7-,8-;6-,7-;/m11./s1. The number of nitriles is 1. The van der Waals surface area contributed by atoms with Gasteiger partial charge < -0.3 is 29.5 Å². The Balaban J connectivity index is 0.000000614. The van der Waals surface area contributed by atoms with Gasteiger partial charge in [-0.05, 0) is 41.5 Å². The summed E-state index contributed by atoms with van der Waals surface area (Å²) in [6.45, 7) is 11.9. The summed E-state index contributed by atoms with van der Waals surface area (Å²) in [7, 11) is 1.25. The Morgan fingerprint density at radius 3 is 1.47 bits per heavy atom. The molecule has 2 saturated heterocycles. The van der Waals surface area contributed by atoms with Crippen LogP contribution in [0.4, 0.5) is 9.59 Å². The number of aliphatic hydroxyl groups excluding tert-OH is 2. The first-order valence-electron chi connectivity index (χ1n) is 11.3. The predicted octanol–water partition coefficient (Wildman–Crippen LogP) is 1.50. The van der Waals surface area contributed by atoms with E-state index in [1.807, 2.05) is 0 Å². The molecule has 36 heavy (non-hydrogen) atoms. The molecule has 4 atom stereocenters. The predicted molar refractivity (Wildman–Crippen MR) is 126 cm³/mol. The van der Waals surface area contributed by atoms with Crippen LogP contribution in [0.5, 0.6) is 0 Å². The van der Waals surface area contributed by atoms with Crippen LogP contribution in [0.25, 0.3) is 0 Å². The number of amides is 2. The number of carboxylic acid groups (broad SMARTS) is 1. The molecule has 0 spiro atoms. The van der Waals surface area contributed by atoms with E-state index in [0.29, 0.717) is 0 Å². The fourth-order valence-corrected chi connectivity index (χ4v) is 3.27. The van der Waals surface area contributed by atoms with Crippen molar-refractivity contribution in [2.24, 2.45) is 0 Å². The number of nitrogens with zero attached hydrogens (tertiary/aromatic N) is 3. The van der Waals surface area contributed by atoms with Gasteiger partial charge in [-0.15, -0.1) is 0 Å². The number of methoxy groups -OCH3 is 1. The van der Waals surface area contributed by atoms with Crippen molar-refractivity contribution >= 4 is 24.1 Å². The summed E-state index contributed by atoms with van der Waals surface area (Å²) < 4.78 is 14.8. The van der Waals surface area contributed by atoms with Crippen LogP contribution in [-0.2, 0) is 23.8 Å². The molecule has 0 unspecified atom stereocenters. The number of rotatable bonds is 2. The Hall–Kier alpha value is -3.11. The summed E-state index contributed by atoms with van der Waals surface area (Å²) in [6.07, 6.45) is -2.58. The molecule has 2 rings (SSSR count). The molecule has 206 valence electrons. The van der Waals surface area contributed by atoms with Crippen LogP contribution in [0.15, 0.2) is 0 Å². The molecule has 0 aromatic heterocycles. The van der Waals surface area contributed by atoms with E-state index < -0.39 is 59.6 Å². The zero-order valence-electron chi connectivity index (χ0n) is 22.2. The first-order valence-corrected chi connectivity index (χ1v) is 11.3. The first kappa shape index (κ1) is 32.9. The Morgan fingerprint density at radius 2 is 1.17 bits per heavy atom. The van der Waals surface area contributed by atoms with E-state index >= 15 is 0 Å². The number of hydrogen-bond donors (Lipinski definition) is 3. The molecule has 2 aliphatic rings. The third kappa shape index (κ3) is 11.5. The van der Waals surface area contributed by atoms with Crippen LogP contribution in [0, 0.1) is 11.3 Å². The molecule has 2 aliphatic heterocycles. The topological polar surface area (TPSA) is 187 Å². The number of carbonyl (C=O) groups is 4. The van der Waals surface area contributed by atoms with Gasteiger partial charge in [-0.25, -0.2) is 19.2 Å². The molecule has 0 aromatic carbocycles. The van der Waals surface area contributed by atoms with E-state index in [9.17, 15) is 29.4 Å². The fraction of sp³-hybridized carbons (Fsp3) is 0.783. The van der Waals surface area contributed by atoms with Gasteiger partial charge in [0.15, 0.2) is 0 Å². The van der Waals surface area contributed by atoms with E-state index in [2.05, 4.69) is 4.74 Å². The second kappa shape index (κ2) is 13.8. The number of carbonyl (C=O) groups excluding carboxylic acids is 3. The van der Waals surface area contributed by atoms with E-state index in [-0.39, 0.29) is 25.9 Å². The molecule has 2 fully saturated rings. The summed E-state index contributed by atoms with van der Waals surface area (Å²) in [5, 5.41) is 35.1. The van der Waals surface area contributed by atoms with Gasteiger partial charge in [-0.3, -0.25) is 9.80 Å². The Kier molecular flexibility index (Phi) is 12.6. The number of hydrogen-bond acceptors (Lipinski definition) is 10. The van der Waals surface area contributed by atoms with E-state index in [4.69, 9.17) is 19.8 Å². The molecule has 2 amide bonds. The summed E-state index contributed by atoms with van der Waals surface area (Å²) in [6, 6.07) is -0.00491. The molecule has 13 nitrogen and oxygen atoms in total. The molecule has 13 heteroatoms. The van der Waals surface area contributed by atoms with Crippen molar-refractivity contribution in [2.75, 3.05) is 20.2 Å². The van der Waals surface area contributed by atoms with Crippen molar-refractivity contribution in [3.63, 3.8) is 0 Å². The maximum absolute atomic E-state index is 11.8. The quantitative estimate of drug-likeness (QED) is 0.356. The normalized spacial score (nSPS) is 23.2. The number of aliphatic hydroxyl groups is 2. The zero-order valence-corrected chi connectivity index (χ0v) is 22.2. The van der Waals surface area contributed by atoms with E-state index in [1.165, 1.54) is 18.9 Å². The highest BCUT2D eigenvalue weighted by Gasteiger charge is 2.42. The largest absolute Gasteiger partial charge is 0.480 e. The Bertz CT molecular complexity index is 812. The Labute approximate surface area is 211 Å². The van der Waals surface area contributed by atoms with Gasteiger partial charge in [0, 0.05) is 19.8 Å². The molecule has 0 saturated carbocycles. The molecule has 0 aromatic rings. The molecule has 3 N–H and O–H groups in total. The highest BCUT2D eigenvalue weighted by atomic mass is 16.6. The van der Waals surface area contributed by atoms with Crippen molar-refractivity contribution < 1.29 is 48.7 Å². The highest BCUT2D eigenvalue weighted by Crippen LogP contribution is 2.23. The summed E-state index contributed by atoms with van der Waals surface area (Å²) in [5.74, 6) is -1.66. The Morgan fingerprint density at radius 1 is 0.833 bits per heavy atom. The third-order valence-corrected chi connectivity index (χ3v) is 4.57. The second-order valence-electron chi connectivity index (χ2n) is 10.2. The minimum Gasteiger partial charge on any atom is -0.480 e. The second-order valence-corrected chi connectivity index (χ2v) is 10.2. The lowest BCUT2D eigenvalue weighted by Gasteiger charge is -2.27. The van der Waals surface area contributed by atoms with Crippen LogP contribution < -0.4 is 0 Å². The van der Waals surface area contributed by atoms with Crippen LogP contribution in [0.3, 0.4) is 0 Å². The maximum atomic E-state index is 11.8. The maximum Gasteiger partial charge on any atom is 0.411 e. The summed E-state index contributed by atoms with van der Waals surface area (Å²) in [5.41, 5.74) is -1.31. The van der Waals surface area contributed by atoms with E-state index in [0.717, 1.165) is 4.90 Å². The zero-order chi connectivity index (χ0) is 28.4. The molecular formula is C23H39N3O10. The third-order valence-electron chi connectivity index (χ3n) is 4.57. The van der Waals surface area contributed by atoms with Crippen LogP contribution in [0.2, 0.25) is 0 Å². The van der Waals surface area contributed by atoms with Crippen LogP contribution in [0.1, 0.15) is 61.3 Å². The highest BCUT2D eigenvalue weighted by molar-refractivity contribution is 5.82. The van der Waals surface area contributed by atoms with Crippen molar-refractivity contribution in [2.45, 2.75) is 96.8 Å². The van der Waals surface area contributed by atoms with Gasteiger partial charge in [-0.1, -0.05) is 0 Å². The van der Waals surface area contributed by atoms with Crippen molar-refractivity contribution in [3.05, 3.63) is 0 Å². The van der Waals surface area contributed by atoms with Crippen molar-refractivity contribution in [1.82, 2.24) is 9.80 Å². The fourth-order valence-electron chi connectivity index (χ4n) is 3.27. The molecule has 2 heterocycles. The van der Waals surface area contributed by atoms with Gasteiger partial charge in [0.05, 0.1) is 38.5 Å². The molecule has 0 radical (unpaired) electrons. The van der Waals surface area contributed by atoms with E-state index in [1.54, 1.807) is 47.6 Å². The van der Waals surface area contributed by atoms with Crippen LogP contribution >= 0.6 is 0 Å². The molecular weight excluding hydrogens is 478 g/mol.